The highest BCUT2D eigenvalue weighted by Crippen LogP contribution is 2.40. The molecule has 2 heterocycles. The van der Waals surface area contributed by atoms with Crippen LogP contribution in [0.1, 0.15) is 54.5 Å². The van der Waals surface area contributed by atoms with Crippen LogP contribution in [0.5, 0.6) is 0 Å². The van der Waals surface area contributed by atoms with Crippen molar-refractivity contribution in [2.75, 3.05) is 37.7 Å². The number of anilines is 1. The van der Waals surface area contributed by atoms with Crippen molar-refractivity contribution >= 4 is 23.3 Å². The predicted octanol–water partition coefficient (Wildman–Crippen LogP) is 7.00. The molecule has 0 aliphatic carbocycles. The van der Waals surface area contributed by atoms with Gasteiger partial charge in [-0.1, -0.05) is 84.9 Å². The zero-order chi connectivity index (χ0) is 35.9. The fraction of sp³-hybridized carbons (Fsp3) is 0.268. The summed E-state index contributed by atoms with van der Waals surface area (Å²) >= 11 is 0. The van der Waals surface area contributed by atoms with Gasteiger partial charge in [-0.05, 0) is 61.1 Å². The third kappa shape index (κ3) is 8.02. The summed E-state index contributed by atoms with van der Waals surface area (Å²) in [6.45, 7) is 7.15. The first-order chi connectivity index (χ1) is 24.7. The van der Waals surface area contributed by atoms with Crippen molar-refractivity contribution in [3.63, 3.8) is 0 Å². The van der Waals surface area contributed by atoms with Gasteiger partial charge in [0, 0.05) is 55.4 Å². The molecule has 1 unspecified atom stereocenters. The Hall–Kier alpha value is -5.74. The number of allylic oxidation sites excluding steroid dienone is 2. The number of nitro benzene ring substituents is 1. The van der Waals surface area contributed by atoms with E-state index < -0.39 is 22.8 Å². The number of carbonyl (C=O) groups excluding carboxylic acids is 1. The Bertz CT molecular complexity index is 1890. The standard InChI is InChI=1S/C41H42N4O6/c1-28-36(40(46)47)38(33-16-9-17-35(27-33)45(49)50)37(29(2)42-28)41(48)51-26-10-11-30-18-20-34(21-19-30)43-22-24-44(25-23-43)39(31-12-5-3-6-13-31)32-14-7-4-8-15-32/h3-9,12-21,27,38-39,42H,10-11,22-26H2,1-2H3,(H,46,47). The van der Waals surface area contributed by atoms with Crippen LogP contribution in [0.3, 0.4) is 0 Å². The van der Waals surface area contributed by atoms with E-state index in [-0.39, 0.29) is 29.5 Å². The maximum absolute atomic E-state index is 13.5. The first kappa shape index (κ1) is 35.1. The number of piperazine rings is 1. The van der Waals surface area contributed by atoms with Gasteiger partial charge in [0.05, 0.1) is 34.6 Å². The molecule has 2 aliphatic rings. The number of carbonyl (C=O) groups is 2. The van der Waals surface area contributed by atoms with E-state index >= 15 is 0 Å². The van der Waals surface area contributed by atoms with Crippen molar-refractivity contribution < 1.29 is 24.4 Å². The molecule has 0 bridgehead atoms. The molecule has 6 rings (SSSR count). The van der Waals surface area contributed by atoms with Gasteiger partial charge in [0.2, 0.25) is 0 Å². The molecule has 262 valence electrons. The van der Waals surface area contributed by atoms with Crippen LogP contribution in [0.15, 0.2) is 132 Å². The van der Waals surface area contributed by atoms with Gasteiger partial charge in [-0.2, -0.15) is 0 Å². The van der Waals surface area contributed by atoms with Crippen LogP contribution >= 0.6 is 0 Å². The summed E-state index contributed by atoms with van der Waals surface area (Å²) in [7, 11) is 0. The van der Waals surface area contributed by atoms with Gasteiger partial charge in [0.1, 0.15) is 0 Å². The number of dihydropyridines is 1. The van der Waals surface area contributed by atoms with E-state index in [0.29, 0.717) is 29.8 Å². The number of nitro groups is 1. The number of ether oxygens (including phenoxy) is 1. The maximum atomic E-state index is 13.5. The average molecular weight is 687 g/mol. The van der Waals surface area contributed by atoms with Gasteiger partial charge >= 0.3 is 11.9 Å². The molecule has 4 aromatic carbocycles. The SMILES string of the molecule is CC1=C(C(=O)O)C(c2cccc([N+](=O)[O-])c2)C(C(=O)OCCCc2ccc(N3CCN(C(c4ccccc4)c4ccccc4)CC3)cc2)=C(C)N1. The summed E-state index contributed by atoms with van der Waals surface area (Å²) in [5.41, 5.74) is 5.93. The minimum atomic E-state index is -1.22. The summed E-state index contributed by atoms with van der Waals surface area (Å²) in [6, 6.07) is 35.8. The van der Waals surface area contributed by atoms with Crippen LogP contribution in [0.2, 0.25) is 0 Å². The molecule has 2 aliphatic heterocycles. The second-order valence-electron chi connectivity index (χ2n) is 12.9. The van der Waals surface area contributed by atoms with Crippen LogP contribution in [-0.4, -0.2) is 59.7 Å². The van der Waals surface area contributed by atoms with E-state index in [0.717, 1.165) is 31.7 Å². The monoisotopic (exact) mass is 686 g/mol. The minimum absolute atomic E-state index is 0.0539. The van der Waals surface area contributed by atoms with Gasteiger partial charge in [-0.3, -0.25) is 15.0 Å². The molecule has 1 atom stereocenters. The van der Waals surface area contributed by atoms with Crippen molar-refractivity contribution in [2.24, 2.45) is 0 Å². The lowest BCUT2D eigenvalue weighted by Gasteiger charge is -2.40. The van der Waals surface area contributed by atoms with Crippen molar-refractivity contribution in [3.8, 4) is 0 Å². The molecule has 1 fully saturated rings. The predicted molar refractivity (Wildman–Crippen MR) is 196 cm³/mol. The number of carboxylic acid groups (broad SMARTS) is 1. The van der Waals surface area contributed by atoms with Crippen LogP contribution in [0, 0.1) is 10.1 Å². The first-order valence-electron chi connectivity index (χ1n) is 17.2. The summed E-state index contributed by atoms with van der Waals surface area (Å²) in [5, 5.41) is 24.5. The second kappa shape index (κ2) is 15.9. The normalized spacial score (nSPS) is 16.6. The summed E-state index contributed by atoms with van der Waals surface area (Å²) in [5.74, 6) is -2.89. The number of carboxylic acids is 1. The van der Waals surface area contributed by atoms with E-state index in [9.17, 15) is 24.8 Å². The Morgan fingerprint density at radius 2 is 1.45 bits per heavy atom. The third-order valence-corrected chi connectivity index (χ3v) is 9.68. The van der Waals surface area contributed by atoms with E-state index in [4.69, 9.17) is 4.74 Å². The van der Waals surface area contributed by atoms with E-state index in [1.54, 1.807) is 19.9 Å². The lowest BCUT2D eigenvalue weighted by atomic mass is 9.80. The topological polar surface area (TPSA) is 125 Å². The van der Waals surface area contributed by atoms with Crippen molar-refractivity contribution in [2.45, 2.75) is 38.6 Å². The number of nitrogens with zero attached hydrogens (tertiary/aromatic N) is 3. The quantitative estimate of drug-likeness (QED) is 0.0701. The number of hydrogen-bond donors (Lipinski definition) is 2. The number of benzene rings is 4. The van der Waals surface area contributed by atoms with Gasteiger partial charge in [-0.25, -0.2) is 9.59 Å². The largest absolute Gasteiger partial charge is 0.478 e. The van der Waals surface area contributed by atoms with Crippen molar-refractivity contribution in [1.29, 1.82) is 0 Å². The number of non-ortho nitro benzene ring substituents is 1. The van der Waals surface area contributed by atoms with Crippen LogP contribution in [0.4, 0.5) is 11.4 Å². The Morgan fingerprint density at radius 1 is 0.843 bits per heavy atom. The van der Waals surface area contributed by atoms with Crippen LogP contribution < -0.4 is 10.2 Å². The molecule has 2 N–H and O–H groups in total. The molecule has 0 saturated carbocycles. The Labute approximate surface area is 297 Å². The molecule has 4 aromatic rings. The summed E-state index contributed by atoms with van der Waals surface area (Å²) < 4.78 is 5.68. The highest BCUT2D eigenvalue weighted by Gasteiger charge is 2.38. The average Bonchev–Trinajstić information content (AvgIpc) is 3.14. The summed E-state index contributed by atoms with van der Waals surface area (Å²) in [4.78, 5) is 41.7. The molecule has 10 nitrogen and oxygen atoms in total. The van der Waals surface area contributed by atoms with Gasteiger partial charge in [-0.15, -0.1) is 0 Å². The summed E-state index contributed by atoms with van der Waals surface area (Å²) in [6.07, 6.45) is 1.27. The fourth-order valence-corrected chi connectivity index (χ4v) is 7.21. The molecular formula is C41H42N4O6. The van der Waals surface area contributed by atoms with Gasteiger partial charge in [0.15, 0.2) is 0 Å². The fourth-order valence-electron chi connectivity index (χ4n) is 7.21. The Morgan fingerprint density at radius 3 is 2.04 bits per heavy atom. The molecular weight excluding hydrogens is 644 g/mol. The van der Waals surface area contributed by atoms with Crippen molar-refractivity contribution in [3.05, 3.63) is 164 Å². The van der Waals surface area contributed by atoms with Crippen LogP contribution in [0.25, 0.3) is 0 Å². The number of aliphatic carboxylic acids is 1. The highest BCUT2D eigenvalue weighted by molar-refractivity contribution is 5.99. The third-order valence-electron chi connectivity index (χ3n) is 9.68. The number of nitrogens with one attached hydrogen (secondary N) is 1. The maximum Gasteiger partial charge on any atom is 0.336 e. The number of hydrogen-bond acceptors (Lipinski definition) is 8. The molecule has 10 heteroatoms. The highest BCUT2D eigenvalue weighted by atomic mass is 16.6. The zero-order valence-corrected chi connectivity index (χ0v) is 28.8. The van der Waals surface area contributed by atoms with Gasteiger partial charge in [0.25, 0.3) is 5.69 Å². The van der Waals surface area contributed by atoms with Gasteiger partial charge < -0.3 is 20.1 Å². The molecule has 0 spiro atoms. The number of rotatable bonds is 12. The molecule has 0 aromatic heterocycles. The minimum Gasteiger partial charge on any atom is -0.478 e. The number of aryl methyl sites for hydroxylation is 1. The van der Waals surface area contributed by atoms with Crippen LogP contribution in [-0.2, 0) is 20.7 Å². The lowest BCUT2D eigenvalue weighted by molar-refractivity contribution is -0.384. The zero-order valence-electron chi connectivity index (χ0n) is 28.8. The molecule has 1 saturated heterocycles. The smallest absolute Gasteiger partial charge is 0.336 e. The van der Waals surface area contributed by atoms with E-state index in [1.807, 2.05) is 0 Å². The Kier molecular flexibility index (Phi) is 10.9. The Balaban J connectivity index is 1.04. The molecule has 0 radical (unpaired) electrons. The van der Waals surface area contributed by atoms with E-state index in [1.165, 1.54) is 35.0 Å². The van der Waals surface area contributed by atoms with Crippen molar-refractivity contribution in [1.82, 2.24) is 10.2 Å². The molecule has 51 heavy (non-hydrogen) atoms. The lowest BCUT2D eigenvalue weighted by Crippen LogP contribution is -2.48. The molecule has 0 amide bonds. The second-order valence-corrected chi connectivity index (χ2v) is 12.9. The van der Waals surface area contributed by atoms with E-state index in [2.05, 4.69) is 100 Å². The first-order valence-corrected chi connectivity index (χ1v) is 17.2. The number of esters is 1.